The quantitative estimate of drug-likeness (QED) is 0.598. The van der Waals surface area contributed by atoms with Gasteiger partial charge < -0.3 is 20.1 Å². The van der Waals surface area contributed by atoms with Crippen molar-refractivity contribution in [3.8, 4) is 11.1 Å². The zero-order valence-corrected chi connectivity index (χ0v) is 19.0. The van der Waals surface area contributed by atoms with E-state index in [1.165, 1.54) is 11.9 Å². The first-order chi connectivity index (χ1) is 15.9. The van der Waals surface area contributed by atoms with Crippen molar-refractivity contribution >= 4 is 18.0 Å². The number of carbonyl (C=O) groups is 3. The van der Waals surface area contributed by atoms with E-state index in [0.717, 1.165) is 35.1 Å². The van der Waals surface area contributed by atoms with E-state index in [9.17, 15) is 19.5 Å². The van der Waals surface area contributed by atoms with E-state index >= 15 is 0 Å². The molecule has 2 N–H and O–H groups in total. The number of rotatable bonds is 9. The highest BCUT2D eigenvalue weighted by molar-refractivity contribution is 5.93. The maximum atomic E-state index is 13.1. The van der Waals surface area contributed by atoms with Crippen LogP contribution < -0.4 is 5.32 Å². The van der Waals surface area contributed by atoms with Crippen LogP contribution >= 0.6 is 0 Å². The molecule has 4 rings (SSSR count). The zero-order chi connectivity index (χ0) is 23.6. The number of carboxylic acid groups (broad SMARTS) is 1. The van der Waals surface area contributed by atoms with E-state index < -0.39 is 29.6 Å². The minimum atomic E-state index is -1.15. The van der Waals surface area contributed by atoms with Gasteiger partial charge >= 0.3 is 12.1 Å². The number of amides is 2. The van der Waals surface area contributed by atoms with Crippen LogP contribution in [0.2, 0.25) is 0 Å². The molecule has 0 radical (unpaired) electrons. The molecule has 0 aliphatic heterocycles. The summed E-state index contributed by atoms with van der Waals surface area (Å²) in [6.07, 6.45) is 2.20. The molecule has 1 fully saturated rings. The third-order valence-corrected chi connectivity index (χ3v) is 6.87. The first-order valence-corrected chi connectivity index (χ1v) is 11.5. The number of carbonyl (C=O) groups excluding carboxylic acids is 2. The van der Waals surface area contributed by atoms with Gasteiger partial charge in [-0.15, -0.1) is 0 Å². The fraction of sp³-hybridized carbons (Fsp3) is 0.423. The van der Waals surface area contributed by atoms with Gasteiger partial charge in [-0.25, -0.2) is 9.59 Å². The zero-order valence-electron chi connectivity index (χ0n) is 19.0. The van der Waals surface area contributed by atoms with E-state index in [0.29, 0.717) is 19.3 Å². The van der Waals surface area contributed by atoms with Gasteiger partial charge in [0.25, 0.3) is 0 Å². The molecule has 2 aromatic carbocycles. The van der Waals surface area contributed by atoms with E-state index in [1.807, 2.05) is 43.3 Å². The summed E-state index contributed by atoms with van der Waals surface area (Å²) < 4.78 is 5.59. The number of benzene rings is 2. The fourth-order valence-electron chi connectivity index (χ4n) is 4.70. The van der Waals surface area contributed by atoms with Crippen LogP contribution in [0.3, 0.4) is 0 Å². The lowest BCUT2D eigenvalue weighted by Gasteiger charge is -2.29. The van der Waals surface area contributed by atoms with Crippen LogP contribution in [0.5, 0.6) is 0 Å². The third kappa shape index (κ3) is 4.32. The van der Waals surface area contributed by atoms with Gasteiger partial charge in [-0.2, -0.15) is 0 Å². The summed E-state index contributed by atoms with van der Waals surface area (Å²) in [7, 11) is 1.50. The number of unbranched alkanes of at least 4 members (excludes halogenated alkanes) is 1. The van der Waals surface area contributed by atoms with Gasteiger partial charge in [0.1, 0.15) is 18.2 Å². The molecule has 0 heterocycles. The fourth-order valence-corrected chi connectivity index (χ4v) is 4.70. The highest BCUT2D eigenvalue weighted by Crippen LogP contribution is 2.44. The standard InChI is InChI=1S/C26H30N2O5/c1-3-4-13-22(23(29)28(2)26(14-15-26)24(30)31)27-25(32)33-16-21-19-11-7-5-9-17(19)18-10-6-8-12-20(18)21/h5-12,21-22H,3-4,13-16H2,1-2H3,(H,27,32)(H,30,31)/t22-/m0/s1. The molecule has 7 nitrogen and oxygen atoms in total. The number of carboxylic acids is 1. The largest absolute Gasteiger partial charge is 0.479 e. The first-order valence-electron chi connectivity index (χ1n) is 11.5. The van der Waals surface area contributed by atoms with Crippen LogP contribution in [-0.4, -0.2) is 53.2 Å². The molecule has 0 aromatic heterocycles. The van der Waals surface area contributed by atoms with E-state index in [-0.39, 0.29) is 12.5 Å². The number of likely N-dealkylation sites (N-methyl/N-ethyl adjacent to an activating group) is 1. The molecule has 0 spiro atoms. The van der Waals surface area contributed by atoms with Crippen LogP contribution in [-0.2, 0) is 14.3 Å². The van der Waals surface area contributed by atoms with E-state index in [1.54, 1.807) is 0 Å². The summed E-state index contributed by atoms with van der Waals surface area (Å²) in [5.41, 5.74) is 3.36. The number of nitrogens with one attached hydrogen (secondary N) is 1. The minimum Gasteiger partial charge on any atom is -0.479 e. The lowest BCUT2D eigenvalue weighted by molar-refractivity contribution is -0.151. The molecule has 2 aromatic rings. The maximum absolute atomic E-state index is 13.1. The number of ether oxygens (including phenoxy) is 1. The van der Waals surface area contributed by atoms with Crippen LogP contribution in [0.1, 0.15) is 56.1 Å². The van der Waals surface area contributed by atoms with Gasteiger partial charge in [-0.3, -0.25) is 4.79 Å². The molecule has 0 saturated heterocycles. The van der Waals surface area contributed by atoms with Crippen LogP contribution in [0.4, 0.5) is 4.79 Å². The van der Waals surface area contributed by atoms with Crippen LogP contribution in [0, 0.1) is 0 Å². The smallest absolute Gasteiger partial charge is 0.407 e. The summed E-state index contributed by atoms with van der Waals surface area (Å²) in [6.45, 7) is 2.15. The second-order valence-corrected chi connectivity index (χ2v) is 8.90. The molecule has 0 bridgehead atoms. The Labute approximate surface area is 193 Å². The number of nitrogens with zero attached hydrogens (tertiary/aromatic N) is 1. The van der Waals surface area contributed by atoms with Gasteiger partial charge in [0.05, 0.1) is 0 Å². The van der Waals surface area contributed by atoms with Crippen molar-refractivity contribution < 1.29 is 24.2 Å². The van der Waals surface area contributed by atoms with Crippen LogP contribution in [0.15, 0.2) is 48.5 Å². The van der Waals surface area contributed by atoms with Gasteiger partial charge in [-0.1, -0.05) is 68.3 Å². The monoisotopic (exact) mass is 450 g/mol. The Balaban J connectivity index is 1.43. The van der Waals surface area contributed by atoms with Gasteiger partial charge in [0, 0.05) is 13.0 Å². The highest BCUT2D eigenvalue weighted by Gasteiger charge is 2.56. The molecule has 2 amide bonds. The summed E-state index contributed by atoms with van der Waals surface area (Å²) in [6, 6.07) is 15.4. The average molecular weight is 451 g/mol. The third-order valence-electron chi connectivity index (χ3n) is 6.87. The molecule has 2 aliphatic rings. The summed E-state index contributed by atoms with van der Waals surface area (Å²) in [5, 5.41) is 12.2. The Morgan fingerprint density at radius 2 is 1.67 bits per heavy atom. The van der Waals surface area contributed by atoms with Crippen molar-refractivity contribution in [3.63, 3.8) is 0 Å². The SMILES string of the molecule is CCCC[C@H](NC(=O)OCC1c2ccccc2-c2ccccc21)C(=O)N(C)C1(C(=O)O)CC1. The second kappa shape index (κ2) is 9.25. The van der Waals surface area contributed by atoms with Crippen molar-refractivity contribution in [3.05, 3.63) is 59.7 Å². The lowest BCUT2D eigenvalue weighted by atomic mass is 9.98. The molecular formula is C26H30N2O5. The number of fused-ring (bicyclic) bond motifs is 3. The number of alkyl carbamates (subject to hydrolysis) is 1. The summed E-state index contributed by atoms with van der Waals surface area (Å²) in [4.78, 5) is 38.7. The predicted octanol–water partition coefficient (Wildman–Crippen LogP) is 4.16. The Bertz CT molecular complexity index is 1020. The van der Waals surface area contributed by atoms with Crippen molar-refractivity contribution in [1.82, 2.24) is 10.2 Å². The Morgan fingerprint density at radius 1 is 1.09 bits per heavy atom. The summed E-state index contributed by atoms with van der Waals surface area (Å²) >= 11 is 0. The first kappa shape index (κ1) is 22.8. The molecule has 174 valence electrons. The molecule has 1 saturated carbocycles. The molecule has 33 heavy (non-hydrogen) atoms. The van der Waals surface area contributed by atoms with E-state index in [2.05, 4.69) is 17.4 Å². The van der Waals surface area contributed by atoms with Gasteiger partial charge in [0.2, 0.25) is 5.91 Å². The van der Waals surface area contributed by atoms with Gasteiger partial charge in [-0.05, 0) is 41.5 Å². The highest BCUT2D eigenvalue weighted by atomic mass is 16.5. The van der Waals surface area contributed by atoms with Crippen molar-refractivity contribution in [2.24, 2.45) is 0 Å². The van der Waals surface area contributed by atoms with Crippen molar-refractivity contribution in [2.75, 3.05) is 13.7 Å². The van der Waals surface area contributed by atoms with E-state index in [4.69, 9.17) is 4.74 Å². The Morgan fingerprint density at radius 3 is 2.18 bits per heavy atom. The number of aliphatic carboxylic acids is 1. The number of hydrogen-bond acceptors (Lipinski definition) is 4. The number of hydrogen-bond donors (Lipinski definition) is 2. The van der Waals surface area contributed by atoms with Crippen molar-refractivity contribution in [2.45, 2.75) is 56.5 Å². The molecule has 0 unspecified atom stereocenters. The molecule has 2 aliphatic carbocycles. The average Bonchev–Trinajstić information content (AvgIpc) is 3.58. The Hall–Kier alpha value is -3.35. The molecular weight excluding hydrogens is 420 g/mol. The Kier molecular flexibility index (Phi) is 6.40. The van der Waals surface area contributed by atoms with Crippen LogP contribution in [0.25, 0.3) is 11.1 Å². The van der Waals surface area contributed by atoms with Crippen molar-refractivity contribution in [1.29, 1.82) is 0 Å². The normalized spacial score (nSPS) is 16.3. The summed E-state index contributed by atoms with van der Waals surface area (Å²) in [5.74, 6) is -1.47. The minimum absolute atomic E-state index is 0.0719. The molecule has 7 heteroatoms. The van der Waals surface area contributed by atoms with Gasteiger partial charge in [0.15, 0.2) is 0 Å². The topological polar surface area (TPSA) is 95.9 Å². The maximum Gasteiger partial charge on any atom is 0.407 e. The molecule has 1 atom stereocenters. The predicted molar refractivity (Wildman–Crippen MR) is 124 cm³/mol. The lowest BCUT2D eigenvalue weighted by Crippen LogP contribution is -2.53. The second-order valence-electron chi connectivity index (χ2n) is 8.90.